The van der Waals surface area contributed by atoms with Gasteiger partial charge in [-0.25, -0.2) is 0 Å². The van der Waals surface area contributed by atoms with Gasteiger partial charge in [-0.3, -0.25) is 4.79 Å². The molecular formula is C31H38N2O. The molecule has 0 heterocycles. The van der Waals surface area contributed by atoms with Gasteiger partial charge >= 0.3 is 0 Å². The monoisotopic (exact) mass is 454 g/mol. The van der Waals surface area contributed by atoms with Crippen LogP contribution in [-0.4, -0.2) is 18.5 Å². The highest BCUT2D eigenvalue weighted by atomic mass is 16.2. The average Bonchev–Trinajstić information content (AvgIpc) is 3.69. The highest BCUT2D eigenvalue weighted by molar-refractivity contribution is 5.97. The lowest BCUT2D eigenvalue weighted by atomic mass is 9.98. The second kappa shape index (κ2) is 11.0. The molecule has 0 unspecified atom stereocenters. The maximum atomic E-state index is 13.7. The summed E-state index contributed by atoms with van der Waals surface area (Å²) in [6, 6.07) is 27.6. The first-order valence-electron chi connectivity index (χ1n) is 12.8. The van der Waals surface area contributed by atoms with Crippen molar-refractivity contribution in [2.45, 2.75) is 58.4 Å². The number of nitrogens with zero attached hydrogens (tertiary/aromatic N) is 1. The van der Waals surface area contributed by atoms with Crippen LogP contribution in [0.2, 0.25) is 0 Å². The van der Waals surface area contributed by atoms with Crippen LogP contribution in [0.25, 0.3) is 11.1 Å². The minimum Gasteiger partial charge on any atom is -0.326 e. The second-order valence-electron chi connectivity index (χ2n) is 9.85. The molecule has 2 N–H and O–H groups in total. The summed E-state index contributed by atoms with van der Waals surface area (Å²) in [7, 11) is 0. The Labute approximate surface area is 205 Å². The van der Waals surface area contributed by atoms with Gasteiger partial charge in [0.25, 0.3) is 0 Å². The molecule has 0 saturated heterocycles. The van der Waals surface area contributed by atoms with Crippen molar-refractivity contribution in [3.8, 4) is 11.1 Å². The summed E-state index contributed by atoms with van der Waals surface area (Å²) < 4.78 is 0. The van der Waals surface area contributed by atoms with E-state index < -0.39 is 0 Å². The van der Waals surface area contributed by atoms with Crippen LogP contribution < -0.4 is 10.6 Å². The van der Waals surface area contributed by atoms with Crippen molar-refractivity contribution >= 4 is 11.6 Å². The molecule has 1 amide bonds. The third kappa shape index (κ3) is 5.59. The summed E-state index contributed by atoms with van der Waals surface area (Å²) in [5, 5.41) is 0. The van der Waals surface area contributed by atoms with Gasteiger partial charge in [0.15, 0.2) is 0 Å². The summed E-state index contributed by atoms with van der Waals surface area (Å²) in [5.74, 6) is 0.916. The van der Waals surface area contributed by atoms with Crippen LogP contribution in [0.15, 0.2) is 78.9 Å². The zero-order chi connectivity index (χ0) is 24.1. The predicted molar refractivity (Wildman–Crippen MR) is 143 cm³/mol. The Balaban J connectivity index is 1.54. The Hall–Kier alpha value is -2.91. The fourth-order valence-electron chi connectivity index (χ4n) is 4.74. The lowest BCUT2D eigenvalue weighted by Gasteiger charge is -2.29. The minimum absolute atomic E-state index is 0.0392. The molecule has 4 atom stereocenters. The third-order valence-corrected chi connectivity index (χ3v) is 7.37. The van der Waals surface area contributed by atoms with Crippen molar-refractivity contribution in [3.05, 3.63) is 90.0 Å². The summed E-state index contributed by atoms with van der Waals surface area (Å²) in [4.78, 5) is 15.6. The van der Waals surface area contributed by atoms with Crippen LogP contribution in [0.1, 0.15) is 57.1 Å². The Morgan fingerprint density at radius 1 is 0.941 bits per heavy atom. The van der Waals surface area contributed by atoms with Crippen LogP contribution in [0.5, 0.6) is 0 Å². The number of carbonyl (C=O) groups is 1. The van der Waals surface area contributed by atoms with Crippen LogP contribution in [0.3, 0.4) is 0 Å². The van der Waals surface area contributed by atoms with Crippen LogP contribution in [0, 0.1) is 11.8 Å². The molecule has 0 bridgehead atoms. The van der Waals surface area contributed by atoms with E-state index in [4.69, 9.17) is 5.73 Å². The first-order chi connectivity index (χ1) is 16.5. The van der Waals surface area contributed by atoms with Gasteiger partial charge in [0.1, 0.15) is 0 Å². The fourth-order valence-corrected chi connectivity index (χ4v) is 4.74. The quantitative estimate of drug-likeness (QED) is 0.365. The summed E-state index contributed by atoms with van der Waals surface area (Å²) in [5.41, 5.74) is 12.5. The van der Waals surface area contributed by atoms with Gasteiger partial charge in [-0.2, -0.15) is 0 Å². The number of benzene rings is 3. The van der Waals surface area contributed by atoms with Crippen molar-refractivity contribution in [3.63, 3.8) is 0 Å². The molecule has 3 heteroatoms. The molecule has 0 aliphatic heterocycles. The van der Waals surface area contributed by atoms with Crippen LogP contribution >= 0.6 is 0 Å². The van der Waals surface area contributed by atoms with Gasteiger partial charge in [-0.05, 0) is 59.1 Å². The van der Waals surface area contributed by atoms with Crippen molar-refractivity contribution in [2.24, 2.45) is 17.6 Å². The number of amides is 1. The summed E-state index contributed by atoms with van der Waals surface area (Å²) in [6.45, 7) is 7.08. The van der Waals surface area contributed by atoms with Gasteiger partial charge < -0.3 is 10.6 Å². The number of carbonyl (C=O) groups excluding carboxylic acids is 1. The second-order valence-corrected chi connectivity index (χ2v) is 9.85. The molecule has 1 aliphatic carbocycles. The number of anilines is 1. The lowest BCUT2D eigenvalue weighted by Crippen LogP contribution is -2.45. The summed E-state index contributed by atoms with van der Waals surface area (Å²) in [6.07, 6.45) is 4.19. The van der Waals surface area contributed by atoms with Crippen molar-refractivity contribution in [1.29, 1.82) is 0 Å². The Bertz CT molecular complexity index is 1060. The van der Waals surface area contributed by atoms with Crippen molar-refractivity contribution in [2.75, 3.05) is 11.4 Å². The van der Waals surface area contributed by atoms with Gasteiger partial charge in [0.05, 0.1) is 0 Å². The SMILES string of the molecule is CCCc1ccc(-c2ccc(N(C[C@@H](N)[C@@H](C)CC)C(=O)[C@@H]3C[C@H]3c3ccccc3)cc2)cc1. The molecular weight excluding hydrogens is 416 g/mol. The number of hydrogen-bond acceptors (Lipinski definition) is 2. The average molecular weight is 455 g/mol. The fraction of sp³-hybridized carbons (Fsp3) is 0.387. The van der Waals surface area contributed by atoms with E-state index in [9.17, 15) is 4.79 Å². The van der Waals surface area contributed by atoms with Gasteiger partial charge in [0.2, 0.25) is 5.91 Å². The molecule has 0 radical (unpaired) electrons. The molecule has 3 nitrogen and oxygen atoms in total. The first kappa shape index (κ1) is 24.2. The number of nitrogens with two attached hydrogens (primary N) is 1. The predicted octanol–water partition coefficient (Wildman–Crippen LogP) is 6.82. The third-order valence-electron chi connectivity index (χ3n) is 7.37. The van der Waals surface area contributed by atoms with Crippen LogP contribution in [0.4, 0.5) is 5.69 Å². The molecule has 178 valence electrons. The van der Waals surface area contributed by atoms with Gasteiger partial charge in [0, 0.05) is 24.2 Å². The van der Waals surface area contributed by atoms with Gasteiger partial charge in [-0.15, -0.1) is 0 Å². The summed E-state index contributed by atoms with van der Waals surface area (Å²) >= 11 is 0. The Morgan fingerprint density at radius 2 is 1.56 bits per heavy atom. The molecule has 4 rings (SSSR count). The molecule has 3 aromatic rings. The topological polar surface area (TPSA) is 46.3 Å². The zero-order valence-electron chi connectivity index (χ0n) is 20.8. The van der Waals surface area contributed by atoms with E-state index in [1.165, 1.54) is 22.3 Å². The maximum Gasteiger partial charge on any atom is 0.230 e. The van der Waals surface area contributed by atoms with Gasteiger partial charge in [-0.1, -0.05) is 100 Å². The van der Waals surface area contributed by atoms with Crippen LogP contribution in [-0.2, 0) is 11.2 Å². The minimum atomic E-state index is -0.0475. The molecule has 0 spiro atoms. The van der Waals surface area contributed by atoms with E-state index >= 15 is 0 Å². The molecule has 34 heavy (non-hydrogen) atoms. The van der Waals surface area contributed by atoms with Crippen molar-refractivity contribution < 1.29 is 4.79 Å². The van der Waals surface area contributed by atoms with E-state index in [0.29, 0.717) is 18.4 Å². The molecule has 1 saturated carbocycles. The zero-order valence-corrected chi connectivity index (χ0v) is 20.8. The largest absolute Gasteiger partial charge is 0.326 e. The smallest absolute Gasteiger partial charge is 0.230 e. The highest BCUT2D eigenvalue weighted by Crippen LogP contribution is 2.49. The maximum absolute atomic E-state index is 13.7. The standard InChI is InChI=1S/C31H38N2O/c1-4-9-23-12-14-24(15-13-23)25-16-18-27(19-17-25)33(21-30(32)22(3)5-2)31(34)29-20-28(29)26-10-7-6-8-11-26/h6-8,10-19,22,28-30H,4-5,9,20-21,32H2,1-3H3/t22-,28-,29+,30+/m0/s1. The van der Waals surface area contributed by atoms with E-state index in [2.05, 4.69) is 93.6 Å². The number of rotatable bonds is 10. The molecule has 3 aromatic carbocycles. The van der Waals surface area contributed by atoms with E-state index in [1.807, 2.05) is 11.0 Å². The Kier molecular flexibility index (Phi) is 7.84. The van der Waals surface area contributed by atoms with E-state index in [-0.39, 0.29) is 17.9 Å². The first-order valence-corrected chi connectivity index (χ1v) is 12.8. The van der Waals surface area contributed by atoms with Crippen molar-refractivity contribution in [1.82, 2.24) is 0 Å². The number of aryl methyl sites for hydroxylation is 1. The molecule has 0 aromatic heterocycles. The Morgan fingerprint density at radius 3 is 2.15 bits per heavy atom. The molecule has 1 aliphatic rings. The molecule has 1 fully saturated rings. The van der Waals surface area contributed by atoms with E-state index in [1.54, 1.807) is 0 Å². The lowest BCUT2D eigenvalue weighted by molar-refractivity contribution is -0.120. The highest BCUT2D eigenvalue weighted by Gasteiger charge is 2.46. The normalized spacial score (nSPS) is 18.8. The van der Waals surface area contributed by atoms with E-state index in [0.717, 1.165) is 31.4 Å². The number of hydrogen-bond donors (Lipinski definition) is 1.